The number of rotatable bonds is 24. The highest BCUT2D eigenvalue weighted by Gasteiger charge is 2.59. The van der Waals surface area contributed by atoms with E-state index in [-0.39, 0.29) is 5.16 Å². The van der Waals surface area contributed by atoms with Crippen LogP contribution in [0.5, 0.6) is 0 Å². The molecule has 0 fully saturated rings. The zero-order chi connectivity index (χ0) is 26.8. The summed E-state index contributed by atoms with van der Waals surface area (Å²) in [7, 11) is 11.0. The summed E-state index contributed by atoms with van der Waals surface area (Å²) in [6.45, 7) is 16.8. The van der Waals surface area contributed by atoms with Crippen LogP contribution in [0.15, 0.2) is 0 Å². The fourth-order valence-electron chi connectivity index (χ4n) is 6.94. The highest BCUT2D eigenvalue weighted by Crippen LogP contribution is 2.64. The normalized spacial score (nSPS) is 17.5. The lowest BCUT2D eigenvalue weighted by atomic mass is 9.60. The van der Waals surface area contributed by atoms with E-state index in [1.54, 1.807) is 0 Å². The Hall–Kier alpha value is 1.29. The first-order valence-electron chi connectivity index (χ1n) is 16.1. The second-order valence-electron chi connectivity index (χ2n) is 12.0. The van der Waals surface area contributed by atoms with Gasteiger partial charge in [0.05, 0.1) is 0 Å². The standard InChI is InChI=1S/C32H69P3/c1-8-15-21-28(22-16-9-2)30(33,26-19-12-5)32(35,25-14-7)31(34,27-20-13-6)29(23-17-10-3)24-18-11-4/h28-29H,8-27,33-35H2,1-7H3. The van der Waals surface area contributed by atoms with E-state index in [2.05, 4.69) is 76.2 Å². The predicted molar refractivity (Wildman–Crippen MR) is 176 cm³/mol. The molecule has 0 saturated carbocycles. The number of unbranched alkanes of at least 4 members (excludes halogenated alkanes) is 6. The maximum atomic E-state index is 3.67. The van der Waals surface area contributed by atoms with Crippen LogP contribution in [-0.2, 0) is 0 Å². The lowest BCUT2D eigenvalue weighted by molar-refractivity contribution is 0.143. The topological polar surface area (TPSA) is 0 Å². The van der Waals surface area contributed by atoms with Crippen molar-refractivity contribution in [3.63, 3.8) is 0 Å². The maximum absolute atomic E-state index is 3.67. The Bertz CT molecular complexity index is 439. The molecular weight excluding hydrogens is 477 g/mol. The van der Waals surface area contributed by atoms with Crippen molar-refractivity contribution in [2.24, 2.45) is 11.8 Å². The molecular formula is C32H69P3. The minimum atomic E-state index is 0.243. The molecule has 0 heterocycles. The van der Waals surface area contributed by atoms with Crippen LogP contribution in [0.25, 0.3) is 0 Å². The van der Waals surface area contributed by atoms with Crippen LogP contribution in [0.3, 0.4) is 0 Å². The summed E-state index contributed by atoms with van der Waals surface area (Å²) < 4.78 is 0. The van der Waals surface area contributed by atoms with Crippen molar-refractivity contribution in [1.82, 2.24) is 0 Å². The fraction of sp³-hybridized carbons (Fsp3) is 1.00. The lowest BCUT2D eigenvalue weighted by Gasteiger charge is -2.62. The summed E-state index contributed by atoms with van der Waals surface area (Å²) in [5.41, 5.74) is 0. The van der Waals surface area contributed by atoms with Crippen LogP contribution in [0, 0.1) is 11.8 Å². The van der Waals surface area contributed by atoms with Crippen molar-refractivity contribution < 1.29 is 0 Å². The molecule has 0 rings (SSSR count). The van der Waals surface area contributed by atoms with Crippen LogP contribution in [-0.4, -0.2) is 15.5 Å². The van der Waals surface area contributed by atoms with Gasteiger partial charge in [-0.1, -0.05) is 132 Å². The highest BCUT2D eigenvalue weighted by molar-refractivity contribution is 7.28. The van der Waals surface area contributed by atoms with E-state index in [4.69, 9.17) is 0 Å². The van der Waals surface area contributed by atoms with Crippen molar-refractivity contribution in [1.29, 1.82) is 0 Å². The first-order valence-corrected chi connectivity index (χ1v) is 17.8. The molecule has 5 unspecified atom stereocenters. The molecule has 0 aliphatic heterocycles. The van der Waals surface area contributed by atoms with Gasteiger partial charge in [-0.25, -0.2) is 0 Å². The minimum Gasteiger partial charge on any atom is -0.130 e. The molecule has 0 aliphatic carbocycles. The third-order valence-corrected chi connectivity index (χ3v) is 13.9. The molecule has 0 nitrogen and oxygen atoms in total. The number of hydrogen-bond acceptors (Lipinski definition) is 0. The lowest BCUT2D eigenvalue weighted by Crippen LogP contribution is -2.63. The van der Waals surface area contributed by atoms with Gasteiger partial charge in [-0.15, -0.1) is 27.7 Å². The predicted octanol–water partition coefficient (Wildman–Crippen LogP) is 12.0. The van der Waals surface area contributed by atoms with Crippen LogP contribution in [0.1, 0.15) is 177 Å². The third kappa shape index (κ3) is 10.4. The molecule has 5 atom stereocenters. The van der Waals surface area contributed by atoms with Gasteiger partial charge in [0.15, 0.2) is 0 Å². The van der Waals surface area contributed by atoms with Gasteiger partial charge in [0, 0.05) is 5.16 Å². The van der Waals surface area contributed by atoms with E-state index in [9.17, 15) is 0 Å². The quantitative estimate of drug-likeness (QED) is 0.106. The Morgan fingerprint density at radius 2 is 0.686 bits per heavy atom. The molecule has 0 N–H and O–H groups in total. The van der Waals surface area contributed by atoms with E-state index in [1.807, 2.05) is 0 Å². The van der Waals surface area contributed by atoms with Gasteiger partial charge >= 0.3 is 0 Å². The summed E-state index contributed by atoms with van der Waals surface area (Å²) in [5, 5.41) is 0.827. The first-order chi connectivity index (χ1) is 16.7. The SMILES string of the molecule is CCCCC(CCCC)C(P)(CCCC)C(P)(CCC)C(P)(CCCC)C(CCCC)CCCC. The molecule has 0 aromatic rings. The molecule has 0 aliphatic rings. The van der Waals surface area contributed by atoms with Crippen molar-refractivity contribution in [2.75, 3.05) is 0 Å². The van der Waals surface area contributed by atoms with Crippen LogP contribution >= 0.6 is 27.7 Å². The van der Waals surface area contributed by atoms with E-state index >= 15 is 0 Å². The second-order valence-corrected chi connectivity index (χ2v) is 15.0. The zero-order valence-electron chi connectivity index (χ0n) is 25.5. The molecule has 0 saturated heterocycles. The largest absolute Gasteiger partial charge is 0.130 e. The van der Waals surface area contributed by atoms with E-state index in [0.29, 0.717) is 10.3 Å². The monoisotopic (exact) mass is 546 g/mol. The Balaban J connectivity index is 6.93. The average Bonchev–Trinajstić information content (AvgIpc) is 2.85. The molecule has 0 amide bonds. The summed E-state index contributed by atoms with van der Waals surface area (Å²) >= 11 is 0. The van der Waals surface area contributed by atoms with Crippen LogP contribution in [0.2, 0.25) is 0 Å². The fourth-order valence-corrected chi connectivity index (χ4v) is 10.1. The van der Waals surface area contributed by atoms with E-state index in [1.165, 1.54) is 128 Å². The Labute approximate surface area is 231 Å². The van der Waals surface area contributed by atoms with Crippen LogP contribution in [0.4, 0.5) is 0 Å². The van der Waals surface area contributed by atoms with Gasteiger partial charge in [0.1, 0.15) is 0 Å². The first kappa shape index (κ1) is 36.3. The zero-order valence-corrected chi connectivity index (χ0v) is 29.0. The molecule has 0 aromatic heterocycles. The minimum absolute atomic E-state index is 0.243. The number of hydrogen-bond donors (Lipinski definition) is 0. The molecule has 35 heavy (non-hydrogen) atoms. The van der Waals surface area contributed by atoms with Gasteiger partial charge in [0.25, 0.3) is 0 Å². The van der Waals surface area contributed by atoms with Crippen LogP contribution < -0.4 is 0 Å². The summed E-state index contributed by atoms with van der Waals surface area (Å²) in [4.78, 5) is 0. The summed E-state index contributed by atoms with van der Waals surface area (Å²) in [6, 6.07) is 0. The average molecular weight is 547 g/mol. The van der Waals surface area contributed by atoms with Crippen molar-refractivity contribution in [3.8, 4) is 0 Å². The maximum Gasteiger partial charge on any atom is 0.00357 e. The Morgan fingerprint density at radius 3 is 0.914 bits per heavy atom. The van der Waals surface area contributed by atoms with E-state index < -0.39 is 0 Å². The Morgan fingerprint density at radius 1 is 0.400 bits per heavy atom. The Kier molecular flexibility index (Phi) is 21.0. The van der Waals surface area contributed by atoms with Gasteiger partial charge in [-0.2, -0.15) is 0 Å². The van der Waals surface area contributed by atoms with Gasteiger partial charge in [0.2, 0.25) is 0 Å². The van der Waals surface area contributed by atoms with Crippen molar-refractivity contribution >= 4 is 27.7 Å². The molecule has 0 radical (unpaired) electrons. The molecule has 212 valence electrons. The molecule has 0 bridgehead atoms. The molecule has 0 aromatic carbocycles. The van der Waals surface area contributed by atoms with Gasteiger partial charge in [-0.3, -0.25) is 0 Å². The van der Waals surface area contributed by atoms with Crippen molar-refractivity contribution in [2.45, 2.75) is 192 Å². The van der Waals surface area contributed by atoms with Gasteiger partial charge in [-0.05, 0) is 67.1 Å². The third-order valence-electron chi connectivity index (χ3n) is 9.28. The summed E-state index contributed by atoms with van der Waals surface area (Å²) in [6.07, 6.45) is 27.2. The smallest absolute Gasteiger partial charge is 0.00357 e. The second kappa shape index (κ2) is 20.2. The van der Waals surface area contributed by atoms with E-state index in [0.717, 1.165) is 11.8 Å². The molecule has 3 heteroatoms. The highest BCUT2D eigenvalue weighted by atomic mass is 31.0. The summed E-state index contributed by atoms with van der Waals surface area (Å²) in [5.74, 6) is 1.62. The molecule has 0 spiro atoms. The van der Waals surface area contributed by atoms with Crippen molar-refractivity contribution in [3.05, 3.63) is 0 Å². The van der Waals surface area contributed by atoms with Gasteiger partial charge < -0.3 is 0 Å².